The number of aliphatic hydroxyl groups excluding tert-OH is 1. The number of hydrogen-bond donors (Lipinski definition) is 1. The molecular weight excluding hydrogens is 202 g/mol. The molecule has 0 saturated heterocycles. The second-order valence-corrected chi connectivity index (χ2v) is 3.86. The zero-order chi connectivity index (χ0) is 11.4. The molecule has 1 N–H and O–H groups in total. The Morgan fingerprint density at radius 1 is 1.31 bits per heavy atom. The average molecular weight is 217 g/mol. The van der Waals surface area contributed by atoms with Crippen molar-refractivity contribution >= 4 is 0 Å². The highest BCUT2D eigenvalue weighted by Gasteiger charge is 2.06. The molecule has 0 amide bonds. The van der Waals surface area contributed by atoms with Gasteiger partial charge in [0.25, 0.3) is 0 Å². The van der Waals surface area contributed by atoms with Crippen LogP contribution >= 0.6 is 0 Å². The fourth-order valence-electron chi connectivity index (χ4n) is 1.57. The van der Waals surface area contributed by atoms with Crippen molar-refractivity contribution in [3.63, 3.8) is 0 Å². The van der Waals surface area contributed by atoms with Gasteiger partial charge in [0.05, 0.1) is 23.7 Å². The van der Waals surface area contributed by atoms with E-state index >= 15 is 0 Å². The quantitative estimate of drug-likeness (QED) is 0.846. The minimum atomic E-state index is -0.292. The summed E-state index contributed by atoms with van der Waals surface area (Å²) in [5, 5.41) is 17.2. The van der Waals surface area contributed by atoms with Crippen molar-refractivity contribution in [2.45, 2.75) is 25.9 Å². The van der Waals surface area contributed by atoms with Crippen LogP contribution in [0, 0.1) is 0 Å². The Balaban J connectivity index is 2.19. The number of aliphatic hydroxyl groups is 1. The van der Waals surface area contributed by atoms with Gasteiger partial charge in [-0.3, -0.25) is 0 Å². The van der Waals surface area contributed by atoms with Crippen LogP contribution in [-0.2, 0) is 6.42 Å². The summed E-state index contributed by atoms with van der Waals surface area (Å²) in [5.41, 5.74) is 2.02. The Hall–Kier alpha value is -1.68. The molecule has 4 nitrogen and oxygen atoms in total. The number of nitrogens with zero attached hydrogens (tertiary/aromatic N) is 3. The molecule has 1 aromatic heterocycles. The first kappa shape index (κ1) is 10.8. The molecule has 1 atom stereocenters. The summed E-state index contributed by atoms with van der Waals surface area (Å²) in [6.45, 7) is 1.79. The highest BCUT2D eigenvalue weighted by Crippen LogP contribution is 2.10. The van der Waals surface area contributed by atoms with E-state index in [1.165, 1.54) is 0 Å². The first-order valence-electron chi connectivity index (χ1n) is 5.40. The van der Waals surface area contributed by atoms with E-state index in [0.29, 0.717) is 0 Å². The van der Waals surface area contributed by atoms with Gasteiger partial charge in [-0.25, -0.2) is 4.68 Å². The van der Waals surface area contributed by atoms with Crippen LogP contribution in [0.15, 0.2) is 36.5 Å². The predicted octanol–water partition coefficient (Wildman–Crippen LogP) is 1.58. The second-order valence-electron chi connectivity index (χ2n) is 3.86. The molecule has 0 bridgehead atoms. The molecule has 4 heteroatoms. The first-order chi connectivity index (χ1) is 7.77. The van der Waals surface area contributed by atoms with Crippen LogP contribution in [0.3, 0.4) is 0 Å². The number of benzene rings is 1. The van der Waals surface area contributed by atoms with E-state index in [2.05, 4.69) is 10.3 Å². The zero-order valence-electron chi connectivity index (χ0n) is 9.24. The summed E-state index contributed by atoms with van der Waals surface area (Å²) in [6, 6.07) is 9.88. The maximum absolute atomic E-state index is 9.26. The highest BCUT2D eigenvalue weighted by atomic mass is 16.3. The van der Waals surface area contributed by atoms with E-state index < -0.39 is 0 Å². The van der Waals surface area contributed by atoms with Crippen molar-refractivity contribution in [1.82, 2.24) is 15.0 Å². The van der Waals surface area contributed by atoms with Gasteiger partial charge in [-0.05, 0) is 31.9 Å². The lowest BCUT2D eigenvalue weighted by Crippen LogP contribution is -2.06. The topological polar surface area (TPSA) is 50.9 Å². The van der Waals surface area contributed by atoms with Crippen LogP contribution in [0.5, 0.6) is 0 Å². The van der Waals surface area contributed by atoms with Gasteiger partial charge >= 0.3 is 0 Å². The summed E-state index contributed by atoms with van der Waals surface area (Å²) in [4.78, 5) is 0. The molecule has 1 unspecified atom stereocenters. The first-order valence-corrected chi connectivity index (χ1v) is 5.40. The Kier molecular flexibility index (Phi) is 3.31. The number of hydrogen-bond acceptors (Lipinski definition) is 3. The van der Waals surface area contributed by atoms with Gasteiger partial charge in [0.2, 0.25) is 0 Å². The molecule has 84 valence electrons. The molecule has 0 fully saturated rings. The summed E-state index contributed by atoms with van der Waals surface area (Å²) in [6.07, 6.45) is 2.95. The van der Waals surface area contributed by atoms with Gasteiger partial charge in [0, 0.05) is 0 Å². The van der Waals surface area contributed by atoms with Crippen molar-refractivity contribution in [1.29, 1.82) is 0 Å². The molecule has 0 aliphatic heterocycles. The molecule has 2 rings (SSSR count). The Morgan fingerprint density at radius 3 is 2.75 bits per heavy atom. The lowest BCUT2D eigenvalue weighted by atomic mass is 10.2. The van der Waals surface area contributed by atoms with Crippen LogP contribution < -0.4 is 0 Å². The van der Waals surface area contributed by atoms with Gasteiger partial charge < -0.3 is 5.11 Å². The van der Waals surface area contributed by atoms with Crippen molar-refractivity contribution in [3.05, 3.63) is 42.2 Å². The van der Waals surface area contributed by atoms with E-state index in [0.717, 1.165) is 24.2 Å². The van der Waals surface area contributed by atoms with Crippen LogP contribution in [0.2, 0.25) is 0 Å². The smallest absolute Gasteiger partial charge is 0.0729 e. The van der Waals surface area contributed by atoms with Crippen molar-refractivity contribution in [3.8, 4) is 5.69 Å². The van der Waals surface area contributed by atoms with E-state index in [-0.39, 0.29) is 6.10 Å². The van der Waals surface area contributed by atoms with E-state index in [1.54, 1.807) is 13.1 Å². The Morgan fingerprint density at radius 2 is 2.06 bits per heavy atom. The van der Waals surface area contributed by atoms with Gasteiger partial charge in [0.15, 0.2) is 0 Å². The summed E-state index contributed by atoms with van der Waals surface area (Å²) >= 11 is 0. The van der Waals surface area contributed by atoms with E-state index in [9.17, 15) is 5.11 Å². The van der Waals surface area contributed by atoms with Crippen LogP contribution in [0.4, 0.5) is 0 Å². The number of aryl methyl sites for hydroxylation is 1. The fraction of sp³-hybridized carbons (Fsp3) is 0.333. The summed E-state index contributed by atoms with van der Waals surface area (Å²) in [5.74, 6) is 0. The zero-order valence-corrected chi connectivity index (χ0v) is 9.24. The third kappa shape index (κ3) is 2.46. The maximum Gasteiger partial charge on any atom is 0.0729 e. The van der Waals surface area contributed by atoms with E-state index in [1.807, 2.05) is 35.0 Å². The van der Waals surface area contributed by atoms with Gasteiger partial charge in [-0.1, -0.05) is 23.4 Å². The number of para-hydroxylation sites is 1. The molecule has 0 radical (unpaired) electrons. The van der Waals surface area contributed by atoms with Crippen molar-refractivity contribution in [2.75, 3.05) is 0 Å². The molecule has 16 heavy (non-hydrogen) atoms. The Labute approximate surface area is 94.5 Å². The maximum atomic E-state index is 9.26. The fourth-order valence-corrected chi connectivity index (χ4v) is 1.57. The third-order valence-corrected chi connectivity index (χ3v) is 2.44. The minimum absolute atomic E-state index is 0.292. The lowest BCUT2D eigenvalue weighted by molar-refractivity contribution is 0.184. The summed E-state index contributed by atoms with van der Waals surface area (Å²) < 4.78 is 1.81. The number of rotatable bonds is 4. The highest BCUT2D eigenvalue weighted by molar-refractivity contribution is 5.31. The normalized spacial score (nSPS) is 12.6. The monoisotopic (exact) mass is 217 g/mol. The average Bonchev–Trinajstić information content (AvgIpc) is 2.75. The van der Waals surface area contributed by atoms with Crippen LogP contribution in [0.1, 0.15) is 19.0 Å². The Bertz CT molecular complexity index is 437. The standard InChI is InChI=1S/C12H15N3O/c1-10(16)7-8-12-9-13-14-15(12)11-5-3-2-4-6-11/h2-6,9-10,16H,7-8H2,1H3. The van der Waals surface area contributed by atoms with Crippen molar-refractivity contribution in [2.24, 2.45) is 0 Å². The van der Waals surface area contributed by atoms with E-state index in [4.69, 9.17) is 0 Å². The third-order valence-electron chi connectivity index (χ3n) is 2.44. The largest absolute Gasteiger partial charge is 0.393 e. The van der Waals surface area contributed by atoms with Crippen LogP contribution in [-0.4, -0.2) is 26.2 Å². The SMILES string of the molecule is CC(O)CCc1cnnn1-c1ccccc1. The molecular formula is C12H15N3O. The summed E-state index contributed by atoms with van der Waals surface area (Å²) in [7, 11) is 0. The van der Waals surface area contributed by atoms with Crippen LogP contribution in [0.25, 0.3) is 5.69 Å². The molecule has 2 aromatic rings. The second kappa shape index (κ2) is 4.90. The van der Waals surface area contributed by atoms with Gasteiger partial charge in [0.1, 0.15) is 0 Å². The molecule has 0 aliphatic carbocycles. The van der Waals surface area contributed by atoms with Crippen molar-refractivity contribution < 1.29 is 5.11 Å². The van der Waals surface area contributed by atoms with Gasteiger partial charge in [-0.2, -0.15) is 0 Å². The molecule has 0 aliphatic rings. The predicted molar refractivity (Wildman–Crippen MR) is 61.4 cm³/mol. The van der Waals surface area contributed by atoms with Gasteiger partial charge in [-0.15, -0.1) is 5.10 Å². The molecule has 0 saturated carbocycles. The molecule has 0 spiro atoms. The number of aromatic nitrogens is 3. The molecule has 1 heterocycles. The lowest BCUT2D eigenvalue weighted by Gasteiger charge is -2.06. The minimum Gasteiger partial charge on any atom is -0.393 e. The molecule has 1 aromatic carbocycles.